The predicted molar refractivity (Wildman–Crippen MR) is 133 cm³/mol. The molecule has 2 unspecified atom stereocenters. The number of fused-ring (bicyclic) bond motifs is 2. The van der Waals surface area contributed by atoms with Crippen LogP contribution in [0.15, 0.2) is 36.4 Å². The number of rotatable bonds is 9. The lowest BCUT2D eigenvalue weighted by molar-refractivity contribution is -0.123. The Balaban J connectivity index is 1.48. The number of aliphatic hydroxyl groups is 2. The van der Waals surface area contributed by atoms with Crippen molar-refractivity contribution in [1.29, 1.82) is 0 Å². The van der Waals surface area contributed by atoms with Crippen molar-refractivity contribution in [3.05, 3.63) is 57.6 Å². The molecule has 2 heterocycles. The molecule has 4 rings (SSSR count). The van der Waals surface area contributed by atoms with Crippen LogP contribution in [0.2, 0.25) is 4.34 Å². The van der Waals surface area contributed by atoms with Crippen LogP contribution in [0, 0.1) is 0 Å². The van der Waals surface area contributed by atoms with Gasteiger partial charge in [0.1, 0.15) is 10.5 Å². The van der Waals surface area contributed by atoms with Gasteiger partial charge in [0.05, 0.1) is 35.2 Å². The monoisotopic (exact) mass is 504 g/mol. The summed E-state index contributed by atoms with van der Waals surface area (Å²) in [6.45, 7) is 3.86. The Morgan fingerprint density at radius 3 is 2.56 bits per heavy atom. The number of amides is 2. The number of hydrogen-bond donors (Lipinski definition) is 5. The largest absolute Gasteiger partial charge is 0.392 e. The minimum atomic E-state index is -0.629. The predicted octanol–water partition coefficient (Wildman–Crippen LogP) is 2.46. The maximum atomic E-state index is 13.0. The molecule has 8 nitrogen and oxygen atoms in total. The standard InChI is InChI=1S/C24H29ClN4O4S/c1-13(30)10-29(11-14(2)31)12-21(32)28-22-17-6-4-3-5-15(17)7-18(22)26-23(33)19-8-16-9-20(25)34-24(16)27-19/h3-6,8-9,13-14,18,22,27,30-31H,7,10-12H2,1-2H3,(H,26,33)(H,28,32)/t13?,14?,18-,22+/m1/s1. The second-order valence-electron chi connectivity index (χ2n) is 8.94. The van der Waals surface area contributed by atoms with E-state index >= 15 is 0 Å². The average molecular weight is 505 g/mol. The number of thiophene rings is 1. The summed E-state index contributed by atoms with van der Waals surface area (Å²) in [6, 6.07) is 10.7. The molecule has 0 saturated heterocycles. The van der Waals surface area contributed by atoms with Gasteiger partial charge in [0.2, 0.25) is 5.91 Å². The van der Waals surface area contributed by atoms with Crippen molar-refractivity contribution in [3.8, 4) is 0 Å². The Labute approximate surface area is 206 Å². The minimum absolute atomic E-state index is 0.0306. The number of carbonyl (C=O) groups is 2. The molecule has 2 aromatic heterocycles. The summed E-state index contributed by atoms with van der Waals surface area (Å²) in [4.78, 5) is 31.6. The van der Waals surface area contributed by atoms with E-state index in [2.05, 4.69) is 15.6 Å². The molecule has 1 aliphatic carbocycles. The number of halogens is 1. The highest BCUT2D eigenvalue weighted by Gasteiger charge is 2.35. The van der Waals surface area contributed by atoms with Crippen molar-refractivity contribution in [1.82, 2.24) is 20.5 Å². The summed E-state index contributed by atoms with van der Waals surface area (Å²) in [5.41, 5.74) is 2.49. The van der Waals surface area contributed by atoms with Crippen molar-refractivity contribution in [3.63, 3.8) is 0 Å². The number of H-pyrrole nitrogens is 1. The molecule has 5 N–H and O–H groups in total. The second kappa shape index (κ2) is 10.5. The third kappa shape index (κ3) is 5.79. The lowest BCUT2D eigenvalue weighted by Crippen LogP contribution is -2.48. The quantitative estimate of drug-likeness (QED) is 0.307. The molecule has 1 aliphatic rings. The van der Waals surface area contributed by atoms with Crippen LogP contribution in [0.4, 0.5) is 0 Å². The van der Waals surface area contributed by atoms with Crippen molar-refractivity contribution in [2.75, 3.05) is 19.6 Å². The maximum absolute atomic E-state index is 13.0. The highest BCUT2D eigenvalue weighted by molar-refractivity contribution is 7.22. The third-order valence-electron chi connectivity index (χ3n) is 5.80. The number of carbonyl (C=O) groups excluding carboxylic acids is 2. The third-order valence-corrected chi connectivity index (χ3v) is 7.00. The van der Waals surface area contributed by atoms with E-state index in [4.69, 9.17) is 11.6 Å². The summed E-state index contributed by atoms with van der Waals surface area (Å²) in [5.74, 6) is -0.487. The Bertz CT molecular complexity index is 1130. The van der Waals surface area contributed by atoms with E-state index in [0.29, 0.717) is 16.5 Å². The zero-order valence-electron chi connectivity index (χ0n) is 19.0. The maximum Gasteiger partial charge on any atom is 0.268 e. The summed E-state index contributed by atoms with van der Waals surface area (Å²) in [5, 5.41) is 26.5. The average Bonchev–Trinajstić information content (AvgIpc) is 3.38. The van der Waals surface area contributed by atoms with Crippen LogP contribution in [0.25, 0.3) is 10.2 Å². The highest BCUT2D eigenvalue weighted by Crippen LogP contribution is 2.32. The fourth-order valence-corrected chi connectivity index (χ4v) is 5.67. The van der Waals surface area contributed by atoms with Gasteiger partial charge in [-0.05, 0) is 43.5 Å². The highest BCUT2D eigenvalue weighted by atomic mass is 35.5. The van der Waals surface area contributed by atoms with E-state index in [-0.39, 0.29) is 37.5 Å². The van der Waals surface area contributed by atoms with Crippen LogP contribution >= 0.6 is 22.9 Å². The van der Waals surface area contributed by atoms with Crippen LogP contribution in [0.1, 0.15) is 41.5 Å². The van der Waals surface area contributed by atoms with E-state index in [1.54, 1.807) is 24.8 Å². The van der Waals surface area contributed by atoms with Crippen LogP contribution < -0.4 is 10.6 Å². The van der Waals surface area contributed by atoms with Crippen LogP contribution in [-0.2, 0) is 11.2 Å². The number of hydrogen-bond acceptors (Lipinski definition) is 6. The Kier molecular flexibility index (Phi) is 7.59. The summed E-state index contributed by atoms with van der Waals surface area (Å²) < 4.78 is 0.655. The molecule has 0 radical (unpaired) electrons. The van der Waals surface area contributed by atoms with Crippen molar-refractivity contribution >= 4 is 45.0 Å². The molecular weight excluding hydrogens is 476 g/mol. The van der Waals surface area contributed by atoms with Gasteiger partial charge in [0.25, 0.3) is 5.91 Å². The first-order valence-corrected chi connectivity index (χ1v) is 12.4. The number of nitrogens with one attached hydrogen (secondary N) is 3. The molecule has 34 heavy (non-hydrogen) atoms. The number of benzene rings is 1. The molecule has 1 aromatic carbocycles. The van der Waals surface area contributed by atoms with Gasteiger partial charge in [-0.25, -0.2) is 0 Å². The summed E-state index contributed by atoms with van der Waals surface area (Å²) >= 11 is 7.41. The number of aliphatic hydroxyl groups excluding tert-OH is 2. The zero-order valence-corrected chi connectivity index (χ0v) is 20.6. The molecule has 0 fully saturated rings. The molecule has 2 amide bonds. The van der Waals surface area contributed by atoms with E-state index in [9.17, 15) is 19.8 Å². The van der Waals surface area contributed by atoms with Gasteiger partial charge in [-0.2, -0.15) is 0 Å². The van der Waals surface area contributed by atoms with Crippen LogP contribution in [0.3, 0.4) is 0 Å². The molecule has 0 spiro atoms. The van der Waals surface area contributed by atoms with Gasteiger partial charge < -0.3 is 25.8 Å². The second-order valence-corrected chi connectivity index (χ2v) is 10.6. The molecule has 0 saturated carbocycles. The first kappa shape index (κ1) is 24.7. The van der Waals surface area contributed by atoms with Crippen molar-refractivity contribution in [2.24, 2.45) is 0 Å². The van der Waals surface area contributed by atoms with Gasteiger partial charge in [-0.1, -0.05) is 35.9 Å². The topological polar surface area (TPSA) is 118 Å². The fourth-order valence-electron chi connectivity index (χ4n) is 4.54. The SMILES string of the molecule is CC(O)CN(CC(=O)N[C@H]1c2ccccc2C[C@H]1NC(=O)c1cc2cc(Cl)sc2[nH]1)CC(C)O. The normalized spacial score (nSPS) is 19.2. The lowest BCUT2D eigenvalue weighted by Gasteiger charge is -2.27. The molecule has 182 valence electrons. The van der Waals surface area contributed by atoms with Gasteiger partial charge in [-0.3, -0.25) is 14.5 Å². The van der Waals surface area contributed by atoms with Crippen LogP contribution in [0.5, 0.6) is 0 Å². The molecule has 0 bridgehead atoms. The van der Waals surface area contributed by atoms with E-state index in [0.717, 1.165) is 21.3 Å². The summed E-state index contributed by atoms with van der Waals surface area (Å²) in [6.07, 6.45) is -0.661. The van der Waals surface area contributed by atoms with Gasteiger partial charge in [0.15, 0.2) is 0 Å². The molecular formula is C24H29ClN4O4S. The van der Waals surface area contributed by atoms with Gasteiger partial charge in [-0.15, -0.1) is 11.3 Å². The fraction of sp³-hybridized carbons (Fsp3) is 0.417. The first-order chi connectivity index (χ1) is 16.2. The zero-order chi connectivity index (χ0) is 24.4. The Morgan fingerprint density at radius 2 is 1.88 bits per heavy atom. The van der Waals surface area contributed by atoms with Crippen LogP contribution in [-0.4, -0.2) is 69.8 Å². The minimum Gasteiger partial charge on any atom is -0.392 e. The summed E-state index contributed by atoms with van der Waals surface area (Å²) in [7, 11) is 0. The van der Waals surface area contributed by atoms with Gasteiger partial charge >= 0.3 is 0 Å². The van der Waals surface area contributed by atoms with Crippen molar-refractivity contribution < 1.29 is 19.8 Å². The number of nitrogens with zero attached hydrogens (tertiary/aromatic N) is 1. The molecule has 10 heteroatoms. The molecule has 3 aromatic rings. The van der Waals surface area contributed by atoms with E-state index < -0.39 is 18.2 Å². The smallest absolute Gasteiger partial charge is 0.268 e. The lowest BCUT2D eigenvalue weighted by atomic mass is 10.1. The first-order valence-electron chi connectivity index (χ1n) is 11.2. The molecule has 4 atom stereocenters. The Morgan fingerprint density at radius 1 is 1.18 bits per heavy atom. The number of aromatic amines is 1. The molecule has 0 aliphatic heterocycles. The van der Waals surface area contributed by atoms with E-state index in [1.807, 2.05) is 30.3 Å². The van der Waals surface area contributed by atoms with E-state index in [1.165, 1.54) is 11.3 Å². The van der Waals surface area contributed by atoms with Gasteiger partial charge in [0, 0.05) is 18.5 Å². The van der Waals surface area contributed by atoms with Crippen molar-refractivity contribution in [2.45, 2.75) is 44.6 Å². The Hall–Kier alpha value is -2.43. The number of aromatic nitrogens is 1.